The molecular weight excluding hydrogens is 250 g/mol. The molecule has 110 valence electrons. The van der Waals surface area contributed by atoms with Gasteiger partial charge in [-0.2, -0.15) is 0 Å². The summed E-state index contributed by atoms with van der Waals surface area (Å²) >= 11 is 0. The number of carbonyl (C=O) groups is 1. The van der Waals surface area contributed by atoms with Crippen molar-refractivity contribution in [3.8, 4) is 0 Å². The second kappa shape index (κ2) is 5.44. The molecule has 0 aromatic heterocycles. The van der Waals surface area contributed by atoms with Crippen molar-refractivity contribution >= 4 is 6.03 Å². The van der Waals surface area contributed by atoms with Gasteiger partial charge in [-0.3, -0.25) is 5.01 Å². The van der Waals surface area contributed by atoms with Crippen molar-refractivity contribution in [1.82, 2.24) is 15.8 Å². The zero-order valence-corrected chi connectivity index (χ0v) is 12.9. The van der Waals surface area contributed by atoms with Gasteiger partial charge in [0.2, 0.25) is 0 Å². The highest BCUT2D eigenvalue weighted by atomic mass is 16.2. The van der Waals surface area contributed by atoms with Gasteiger partial charge in [0.1, 0.15) is 5.66 Å². The molecule has 0 spiro atoms. The average Bonchev–Trinajstić information content (AvgIpc) is 2.76. The number of amides is 2. The highest BCUT2D eigenvalue weighted by Gasteiger charge is 2.46. The maximum absolute atomic E-state index is 12.3. The Morgan fingerprint density at radius 2 is 1.85 bits per heavy atom. The molecule has 1 aliphatic heterocycles. The monoisotopic (exact) mass is 275 g/mol. The van der Waals surface area contributed by atoms with Gasteiger partial charge in [0.05, 0.1) is 5.54 Å². The summed E-state index contributed by atoms with van der Waals surface area (Å²) < 4.78 is 0. The first-order valence-electron chi connectivity index (χ1n) is 7.35. The van der Waals surface area contributed by atoms with E-state index in [1.54, 1.807) is 5.01 Å². The van der Waals surface area contributed by atoms with E-state index >= 15 is 0 Å². The zero-order chi connectivity index (χ0) is 14.8. The second-order valence-corrected chi connectivity index (χ2v) is 6.42. The lowest BCUT2D eigenvalue weighted by atomic mass is 9.94. The van der Waals surface area contributed by atoms with Gasteiger partial charge in [-0.25, -0.2) is 10.2 Å². The Kier molecular flexibility index (Phi) is 4.04. The molecule has 0 saturated carbocycles. The van der Waals surface area contributed by atoms with E-state index in [9.17, 15) is 4.79 Å². The molecule has 0 radical (unpaired) electrons. The lowest BCUT2D eigenvalue weighted by Gasteiger charge is -2.35. The van der Waals surface area contributed by atoms with Crippen LogP contribution in [0.2, 0.25) is 0 Å². The molecule has 1 aromatic rings. The molecule has 4 heteroatoms. The summed E-state index contributed by atoms with van der Waals surface area (Å²) in [6, 6.07) is 10.1. The summed E-state index contributed by atoms with van der Waals surface area (Å²) in [6.45, 7) is 8.25. The van der Waals surface area contributed by atoms with Crippen LogP contribution in [0, 0.1) is 0 Å². The molecule has 1 unspecified atom stereocenters. The van der Waals surface area contributed by atoms with E-state index in [1.165, 1.54) is 0 Å². The fourth-order valence-corrected chi connectivity index (χ4v) is 2.54. The Morgan fingerprint density at radius 3 is 2.35 bits per heavy atom. The minimum atomic E-state index is -0.484. The standard InChI is InChI=1S/C16H25N3O/c1-5-6-12-16(13-10-8-7-9-11-13)17-14(20)19(18-16)15(2,3)4/h7-11,18H,5-6,12H2,1-4H3,(H,17,20). The normalized spacial score (nSPS) is 23.0. The van der Waals surface area contributed by atoms with Gasteiger partial charge in [-0.05, 0) is 39.2 Å². The van der Waals surface area contributed by atoms with Gasteiger partial charge in [0.15, 0.2) is 0 Å². The van der Waals surface area contributed by atoms with Crippen molar-refractivity contribution in [2.75, 3.05) is 0 Å². The molecule has 2 rings (SSSR count). The quantitative estimate of drug-likeness (QED) is 0.885. The van der Waals surface area contributed by atoms with E-state index in [4.69, 9.17) is 0 Å². The number of unbranched alkanes of at least 4 members (excludes halogenated alkanes) is 1. The van der Waals surface area contributed by atoms with E-state index in [0.29, 0.717) is 0 Å². The highest BCUT2D eigenvalue weighted by molar-refractivity contribution is 5.78. The Balaban J connectivity index is 2.33. The largest absolute Gasteiger partial charge is 0.334 e. The van der Waals surface area contributed by atoms with Crippen LogP contribution < -0.4 is 10.7 Å². The van der Waals surface area contributed by atoms with Gasteiger partial charge < -0.3 is 5.32 Å². The third-order valence-electron chi connectivity index (χ3n) is 3.67. The van der Waals surface area contributed by atoms with E-state index < -0.39 is 5.66 Å². The maximum atomic E-state index is 12.3. The molecule has 20 heavy (non-hydrogen) atoms. The number of nitrogens with one attached hydrogen (secondary N) is 2. The fraction of sp³-hybridized carbons (Fsp3) is 0.562. The van der Waals surface area contributed by atoms with Gasteiger partial charge in [0, 0.05) is 0 Å². The molecule has 0 aliphatic carbocycles. The molecule has 4 nitrogen and oxygen atoms in total. The minimum absolute atomic E-state index is 0.0579. The van der Waals surface area contributed by atoms with Crippen molar-refractivity contribution in [3.05, 3.63) is 35.9 Å². The smallest absolute Gasteiger partial charge is 0.313 e. The fourth-order valence-electron chi connectivity index (χ4n) is 2.54. The maximum Gasteiger partial charge on any atom is 0.334 e. The number of hydrazine groups is 1. The van der Waals surface area contributed by atoms with Crippen LogP contribution in [-0.2, 0) is 5.66 Å². The molecule has 2 amide bonds. The lowest BCUT2D eigenvalue weighted by molar-refractivity contribution is 0.100. The van der Waals surface area contributed by atoms with E-state index in [1.807, 2.05) is 39.0 Å². The Labute approximate surface area is 121 Å². The van der Waals surface area contributed by atoms with Gasteiger partial charge in [-0.1, -0.05) is 43.7 Å². The number of urea groups is 1. The van der Waals surface area contributed by atoms with E-state index in [2.05, 4.69) is 29.8 Å². The third-order valence-corrected chi connectivity index (χ3v) is 3.67. The Hall–Kier alpha value is -1.55. The summed E-state index contributed by atoms with van der Waals surface area (Å²) in [5.74, 6) is 0. The summed E-state index contributed by atoms with van der Waals surface area (Å²) in [6.07, 6.45) is 3.04. The third kappa shape index (κ3) is 2.80. The molecule has 1 atom stereocenters. The van der Waals surface area contributed by atoms with Crippen LogP contribution in [0.25, 0.3) is 0 Å². The number of nitrogens with zero attached hydrogens (tertiary/aromatic N) is 1. The van der Waals surface area contributed by atoms with Crippen LogP contribution in [0.1, 0.15) is 52.5 Å². The van der Waals surface area contributed by atoms with E-state index in [0.717, 1.165) is 24.8 Å². The van der Waals surface area contributed by atoms with Crippen LogP contribution in [0.4, 0.5) is 4.79 Å². The molecule has 1 heterocycles. The number of benzene rings is 1. The summed E-state index contributed by atoms with van der Waals surface area (Å²) in [4.78, 5) is 12.3. The number of hydrogen-bond donors (Lipinski definition) is 2. The van der Waals surface area contributed by atoms with Crippen LogP contribution in [-0.4, -0.2) is 16.6 Å². The average molecular weight is 275 g/mol. The molecule has 2 N–H and O–H groups in total. The second-order valence-electron chi connectivity index (χ2n) is 6.42. The Bertz CT molecular complexity index is 466. The number of rotatable bonds is 4. The van der Waals surface area contributed by atoms with Crippen molar-refractivity contribution in [2.24, 2.45) is 0 Å². The molecule has 1 aromatic carbocycles. The predicted octanol–water partition coefficient (Wildman–Crippen LogP) is 3.36. The first-order valence-corrected chi connectivity index (χ1v) is 7.35. The molecule has 0 bridgehead atoms. The van der Waals surface area contributed by atoms with Crippen LogP contribution in [0.5, 0.6) is 0 Å². The van der Waals surface area contributed by atoms with Crippen LogP contribution in [0.3, 0.4) is 0 Å². The molecule has 1 fully saturated rings. The number of hydrogen-bond acceptors (Lipinski definition) is 2. The predicted molar refractivity (Wildman–Crippen MR) is 80.9 cm³/mol. The SMILES string of the molecule is CCCCC1(c2ccccc2)NC(=O)N(C(C)(C)C)N1. The van der Waals surface area contributed by atoms with Crippen LogP contribution >= 0.6 is 0 Å². The molecular formula is C16H25N3O. The minimum Gasteiger partial charge on any atom is -0.313 e. The van der Waals surface area contributed by atoms with Gasteiger partial charge in [-0.15, -0.1) is 0 Å². The summed E-state index contributed by atoms with van der Waals surface area (Å²) in [7, 11) is 0. The molecule has 1 saturated heterocycles. The van der Waals surface area contributed by atoms with E-state index in [-0.39, 0.29) is 11.6 Å². The number of carbonyl (C=O) groups excluding carboxylic acids is 1. The van der Waals surface area contributed by atoms with Crippen molar-refractivity contribution in [1.29, 1.82) is 0 Å². The first-order chi connectivity index (χ1) is 9.39. The van der Waals surface area contributed by atoms with Gasteiger partial charge in [0.25, 0.3) is 0 Å². The van der Waals surface area contributed by atoms with Crippen LogP contribution in [0.15, 0.2) is 30.3 Å². The first kappa shape index (κ1) is 14.9. The van der Waals surface area contributed by atoms with Crippen molar-refractivity contribution in [2.45, 2.75) is 58.2 Å². The van der Waals surface area contributed by atoms with Crippen molar-refractivity contribution in [3.63, 3.8) is 0 Å². The summed E-state index contributed by atoms with van der Waals surface area (Å²) in [5.41, 5.74) is 3.78. The van der Waals surface area contributed by atoms with Crippen molar-refractivity contribution < 1.29 is 4.79 Å². The Morgan fingerprint density at radius 1 is 1.20 bits per heavy atom. The lowest BCUT2D eigenvalue weighted by Crippen LogP contribution is -2.53. The topological polar surface area (TPSA) is 44.4 Å². The summed E-state index contributed by atoms with van der Waals surface area (Å²) in [5, 5.41) is 4.86. The molecule has 1 aliphatic rings. The highest BCUT2D eigenvalue weighted by Crippen LogP contribution is 2.31. The van der Waals surface area contributed by atoms with Gasteiger partial charge >= 0.3 is 6.03 Å². The zero-order valence-electron chi connectivity index (χ0n) is 12.9.